The van der Waals surface area contributed by atoms with E-state index in [0.717, 1.165) is 32.4 Å². The van der Waals surface area contributed by atoms with Gasteiger partial charge in [0.1, 0.15) is 5.54 Å². The molecule has 1 aliphatic heterocycles. The lowest BCUT2D eigenvalue weighted by atomic mass is 9.89. The average molecular weight is 358 g/mol. The van der Waals surface area contributed by atoms with Gasteiger partial charge in [-0.15, -0.1) is 0 Å². The SMILES string of the molecule is CCCCCCCCCCCCN1CCC[C@@]1(CC(O)CO)C(=O)O. The van der Waals surface area contributed by atoms with Crippen LogP contribution in [0.3, 0.4) is 0 Å². The highest BCUT2D eigenvalue weighted by molar-refractivity contribution is 5.79. The smallest absolute Gasteiger partial charge is 0.324 e. The molecule has 0 saturated carbocycles. The third-order valence-electron chi connectivity index (χ3n) is 5.59. The summed E-state index contributed by atoms with van der Waals surface area (Å²) in [7, 11) is 0. The number of carboxylic acid groups (broad SMARTS) is 1. The van der Waals surface area contributed by atoms with E-state index in [4.69, 9.17) is 5.11 Å². The molecule has 25 heavy (non-hydrogen) atoms. The molecule has 1 aliphatic rings. The van der Waals surface area contributed by atoms with Crippen LogP contribution >= 0.6 is 0 Å². The second-order valence-electron chi connectivity index (χ2n) is 7.65. The van der Waals surface area contributed by atoms with Crippen molar-refractivity contribution in [2.75, 3.05) is 19.7 Å². The molecule has 0 amide bonds. The minimum atomic E-state index is -0.985. The Hall–Kier alpha value is -0.650. The second-order valence-corrected chi connectivity index (χ2v) is 7.65. The van der Waals surface area contributed by atoms with Gasteiger partial charge in [0, 0.05) is 6.42 Å². The number of aliphatic hydroxyl groups excluding tert-OH is 2. The van der Waals surface area contributed by atoms with Crippen LogP contribution in [0.5, 0.6) is 0 Å². The molecule has 3 N–H and O–H groups in total. The fourth-order valence-electron chi connectivity index (χ4n) is 4.07. The van der Waals surface area contributed by atoms with Crippen LogP contribution in [0.2, 0.25) is 0 Å². The van der Waals surface area contributed by atoms with E-state index in [1.165, 1.54) is 51.4 Å². The molecule has 1 saturated heterocycles. The lowest BCUT2D eigenvalue weighted by Crippen LogP contribution is -2.53. The van der Waals surface area contributed by atoms with E-state index in [-0.39, 0.29) is 13.0 Å². The predicted octanol–water partition coefficient (Wildman–Crippen LogP) is 3.57. The lowest BCUT2D eigenvalue weighted by molar-refractivity contribution is -0.152. The largest absolute Gasteiger partial charge is 0.480 e. The highest BCUT2D eigenvalue weighted by Crippen LogP contribution is 2.34. The second kappa shape index (κ2) is 12.7. The standard InChI is InChI=1S/C20H39NO4/c1-2-3-4-5-6-7-8-9-10-11-14-21-15-12-13-20(21,19(24)25)16-18(23)17-22/h18,22-23H,2-17H2,1H3,(H,24,25)/t18?,20-/m1/s1. The summed E-state index contributed by atoms with van der Waals surface area (Å²) in [6.45, 7) is 3.42. The van der Waals surface area contributed by atoms with E-state index < -0.39 is 17.6 Å². The van der Waals surface area contributed by atoms with Crippen molar-refractivity contribution in [2.45, 2.75) is 102 Å². The Morgan fingerprint density at radius 1 is 1.04 bits per heavy atom. The minimum Gasteiger partial charge on any atom is -0.480 e. The van der Waals surface area contributed by atoms with Gasteiger partial charge in [-0.1, -0.05) is 64.7 Å². The van der Waals surface area contributed by atoms with Crippen LogP contribution in [0.15, 0.2) is 0 Å². The van der Waals surface area contributed by atoms with Gasteiger partial charge in [0.2, 0.25) is 0 Å². The van der Waals surface area contributed by atoms with E-state index in [9.17, 15) is 15.0 Å². The van der Waals surface area contributed by atoms with E-state index in [2.05, 4.69) is 6.92 Å². The highest BCUT2D eigenvalue weighted by atomic mass is 16.4. The zero-order valence-corrected chi connectivity index (χ0v) is 16.1. The van der Waals surface area contributed by atoms with Gasteiger partial charge in [-0.05, 0) is 32.4 Å². The van der Waals surface area contributed by atoms with Crippen molar-refractivity contribution in [2.24, 2.45) is 0 Å². The maximum absolute atomic E-state index is 11.8. The third-order valence-corrected chi connectivity index (χ3v) is 5.59. The molecule has 0 aliphatic carbocycles. The van der Waals surface area contributed by atoms with Crippen molar-refractivity contribution >= 4 is 5.97 Å². The number of carboxylic acids is 1. The summed E-state index contributed by atoms with van der Waals surface area (Å²) in [5, 5.41) is 28.5. The molecule has 0 spiro atoms. The molecule has 0 aromatic carbocycles. The van der Waals surface area contributed by atoms with Gasteiger partial charge in [-0.25, -0.2) is 0 Å². The third kappa shape index (κ3) is 7.63. The van der Waals surface area contributed by atoms with Crippen LogP contribution in [0.4, 0.5) is 0 Å². The topological polar surface area (TPSA) is 81.0 Å². The molecule has 0 aromatic heterocycles. The van der Waals surface area contributed by atoms with Crippen molar-refractivity contribution in [3.63, 3.8) is 0 Å². The number of unbranched alkanes of at least 4 members (excludes halogenated alkanes) is 9. The fraction of sp³-hybridized carbons (Fsp3) is 0.950. The van der Waals surface area contributed by atoms with Crippen molar-refractivity contribution in [1.29, 1.82) is 0 Å². The molecule has 2 atom stereocenters. The summed E-state index contributed by atoms with van der Waals surface area (Å²) in [5.41, 5.74) is -0.985. The van der Waals surface area contributed by atoms with Gasteiger partial charge < -0.3 is 15.3 Å². The molecular formula is C20H39NO4. The summed E-state index contributed by atoms with van der Waals surface area (Å²) < 4.78 is 0. The number of aliphatic hydroxyl groups is 2. The molecular weight excluding hydrogens is 318 g/mol. The number of carbonyl (C=O) groups is 1. The molecule has 0 aromatic rings. The maximum atomic E-state index is 11.8. The summed E-state index contributed by atoms with van der Waals surface area (Å²) >= 11 is 0. The minimum absolute atomic E-state index is 0.122. The Labute approximate surface area is 153 Å². The highest BCUT2D eigenvalue weighted by Gasteiger charge is 2.48. The molecule has 1 unspecified atom stereocenters. The zero-order valence-electron chi connectivity index (χ0n) is 16.1. The quantitative estimate of drug-likeness (QED) is 0.390. The number of hydrogen-bond donors (Lipinski definition) is 3. The average Bonchev–Trinajstić information content (AvgIpc) is 3.00. The summed E-state index contributed by atoms with van der Waals surface area (Å²) in [6.07, 6.45) is 13.3. The van der Waals surface area contributed by atoms with E-state index >= 15 is 0 Å². The molecule has 5 nitrogen and oxygen atoms in total. The first kappa shape index (κ1) is 22.4. The van der Waals surface area contributed by atoms with Crippen LogP contribution in [0.25, 0.3) is 0 Å². The predicted molar refractivity (Wildman–Crippen MR) is 101 cm³/mol. The van der Waals surface area contributed by atoms with Gasteiger partial charge in [0.25, 0.3) is 0 Å². The van der Waals surface area contributed by atoms with Crippen LogP contribution in [-0.2, 0) is 4.79 Å². The van der Waals surface area contributed by atoms with Crippen LogP contribution in [0, 0.1) is 0 Å². The maximum Gasteiger partial charge on any atom is 0.324 e. The summed E-state index contributed by atoms with van der Waals surface area (Å²) in [6, 6.07) is 0. The molecule has 1 fully saturated rings. The molecule has 1 rings (SSSR count). The number of aliphatic carboxylic acids is 1. The first-order valence-corrected chi connectivity index (χ1v) is 10.3. The fourth-order valence-corrected chi connectivity index (χ4v) is 4.07. The summed E-state index contributed by atoms with van der Waals surface area (Å²) in [5.74, 6) is -0.857. The van der Waals surface area contributed by atoms with Crippen molar-refractivity contribution in [3.05, 3.63) is 0 Å². The van der Waals surface area contributed by atoms with Gasteiger partial charge in [0.15, 0.2) is 0 Å². The Bertz CT molecular complexity index is 364. The molecule has 148 valence electrons. The normalized spacial score (nSPS) is 22.4. The Morgan fingerprint density at radius 2 is 1.60 bits per heavy atom. The van der Waals surface area contributed by atoms with Crippen molar-refractivity contribution < 1.29 is 20.1 Å². The number of hydrogen-bond acceptors (Lipinski definition) is 4. The van der Waals surface area contributed by atoms with Gasteiger partial charge in [0.05, 0.1) is 12.7 Å². The molecule has 0 bridgehead atoms. The first-order chi connectivity index (χ1) is 12.1. The number of rotatable bonds is 15. The summed E-state index contributed by atoms with van der Waals surface area (Å²) in [4.78, 5) is 13.9. The van der Waals surface area contributed by atoms with Crippen LogP contribution < -0.4 is 0 Å². The zero-order chi connectivity index (χ0) is 18.5. The van der Waals surface area contributed by atoms with Crippen molar-refractivity contribution in [1.82, 2.24) is 4.90 Å². The van der Waals surface area contributed by atoms with Gasteiger partial charge in [-0.3, -0.25) is 9.69 Å². The van der Waals surface area contributed by atoms with Crippen molar-refractivity contribution in [3.8, 4) is 0 Å². The van der Waals surface area contributed by atoms with E-state index in [1.54, 1.807) is 0 Å². The monoisotopic (exact) mass is 357 g/mol. The van der Waals surface area contributed by atoms with Gasteiger partial charge in [-0.2, -0.15) is 0 Å². The molecule has 1 heterocycles. The molecule has 0 radical (unpaired) electrons. The van der Waals surface area contributed by atoms with E-state index in [1.807, 2.05) is 4.90 Å². The Kier molecular flexibility index (Phi) is 11.3. The first-order valence-electron chi connectivity index (χ1n) is 10.3. The van der Waals surface area contributed by atoms with Gasteiger partial charge >= 0.3 is 5.97 Å². The molecule has 5 heteroatoms. The lowest BCUT2D eigenvalue weighted by Gasteiger charge is -2.36. The van der Waals surface area contributed by atoms with Crippen LogP contribution in [0.1, 0.15) is 90.4 Å². The Balaban J connectivity index is 2.23. The number of nitrogens with zero attached hydrogens (tertiary/aromatic N) is 1. The Morgan fingerprint density at radius 3 is 2.12 bits per heavy atom. The van der Waals surface area contributed by atoms with Crippen LogP contribution in [-0.4, -0.2) is 57.5 Å². The number of likely N-dealkylation sites (tertiary alicyclic amines) is 1. The van der Waals surface area contributed by atoms with E-state index in [0.29, 0.717) is 6.42 Å².